The molecule has 0 aromatic carbocycles. The monoisotopic (exact) mass is 195 g/mol. The molecule has 0 aliphatic rings. The number of rotatable bonds is 2. The lowest BCUT2D eigenvalue weighted by Crippen LogP contribution is -2.16. The van der Waals surface area contributed by atoms with Crippen LogP contribution in [-0.2, 0) is 6.54 Å². The quantitative estimate of drug-likeness (QED) is 0.711. The second-order valence-electron chi connectivity index (χ2n) is 3.33. The van der Waals surface area contributed by atoms with Crippen LogP contribution in [0.4, 0.5) is 0 Å². The average Bonchev–Trinajstić information content (AvgIpc) is 2.22. The third-order valence-electron chi connectivity index (χ3n) is 1.97. The van der Waals surface area contributed by atoms with Gasteiger partial charge in [-0.05, 0) is 19.4 Å². The van der Waals surface area contributed by atoms with E-state index in [1.54, 1.807) is 10.6 Å². The van der Waals surface area contributed by atoms with Gasteiger partial charge in [0.2, 0.25) is 0 Å². The Morgan fingerprint density at radius 3 is 2.07 bits per heavy atom. The molecule has 0 saturated heterocycles. The zero-order chi connectivity index (χ0) is 11.0. The van der Waals surface area contributed by atoms with Gasteiger partial charge in [-0.1, -0.05) is 32.8 Å². The van der Waals surface area contributed by atoms with Gasteiger partial charge in [-0.2, -0.15) is 0 Å². The number of aryl methyl sites for hydroxylation is 2. The number of hydrogen-bond acceptors (Lipinski definition) is 1. The molecular formula is C12H21NO. The molecule has 0 radical (unpaired) electrons. The number of pyridine rings is 1. The van der Waals surface area contributed by atoms with Crippen LogP contribution < -0.4 is 5.56 Å². The van der Waals surface area contributed by atoms with E-state index < -0.39 is 0 Å². The third-order valence-corrected chi connectivity index (χ3v) is 1.97. The van der Waals surface area contributed by atoms with Crippen LogP contribution in [0.15, 0.2) is 23.1 Å². The Morgan fingerprint density at radius 1 is 1.14 bits per heavy atom. The Kier molecular flexibility index (Phi) is 6.81. The summed E-state index contributed by atoms with van der Waals surface area (Å²) in [6.07, 6.45) is 4.50. The van der Waals surface area contributed by atoms with Gasteiger partial charge < -0.3 is 4.57 Å². The Bertz CT molecular complexity index is 299. The Morgan fingerprint density at radius 2 is 1.71 bits per heavy atom. The normalized spacial score (nSPS) is 9.14. The van der Waals surface area contributed by atoms with Gasteiger partial charge in [-0.25, -0.2) is 0 Å². The summed E-state index contributed by atoms with van der Waals surface area (Å²) in [5.41, 5.74) is 1.20. The summed E-state index contributed by atoms with van der Waals surface area (Å²) in [6.45, 7) is 9.05. The van der Waals surface area contributed by atoms with E-state index in [2.05, 4.69) is 13.8 Å². The average molecular weight is 195 g/mol. The largest absolute Gasteiger partial charge is 0.316 e. The van der Waals surface area contributed by atoms with Gasteiger partial charge in [0.1, 0.15) is 0 Å². The van der Waals surface area contributed by atoms with Crippen LogP contribution in [0.1, 0.15) is 39.2 Å². The molecule has 0 unspecified atom stereocenters. The van der Waals surface area contributed by atoms with Crippen molar-refractivity contribution in [1.29, 1.82) is 0 Å². The first-order valence-corrected chi connectivity index (χ1v) is 5.32. The molecule has 0 aliphatic carbocycles. The first-order chi connectivity index (χ1) is 6.65. The molecule has 80 valence electrons. The van der Waals surface area contributed by atoms with Crippen LogP contribution in [-0.4, -0.2) is 4.57 Å². The van der Waals surface area contributed by atoms with Crippen molar-refractivity contribution in [3.8, 4) is 0 Å². The summed E-state index contributed by atoms with van der Waals surface area (Å²) in [5.74, 6) is 0. The molecule has 0 saturated carbocycles. The lowest BCUT2D eigenvalue weighted by atomic mass is 10.3. The summed E-state index contributed by atoms with van der Waals surface area (Å²) in [5, 5.41) is 0. The van der Waals surface area contributed by atoms with E-state index in [-0.39, 0.29) is 5.56 Å². The predicted octanol–water partition coefficient (Wildman–Crippen LogP) is 2.98. The standard InChI is InChI=1S/C8H11NO.C4H10/c1-3-9-6-7(2)4-5-8(9)10;1-3-4-2/h4-6H,3H2,1-2H3;3-4H2,1-2H3. The van der Waals surface area contributed by atoms with Crippen LogP contribution in [0.25, 0.3) is 0 Å². The van der Waals surface area contributed by atoms with Gasteiger partial charge in [0.15, 0.2) is 0 Å². The molecule has 1 rings (SSSR count). The molecule has 1 aromatic rings. The number of unbranched alkanes of at least 4 members (excludes halogenated alkanes) is 1. The Labute approximate surface area is 86.6 Å². The van der Waals surface area contributed by atoms with Crippen molar-refractivity contribution in [1.82, 2.24) is 4.57 Å². The highest BCUT2D eigenvalue weighted by Gasteiger charge is 1.90. The van der Waals surface area contributed by atoms with Crippen molar-refractivity contribution in [2.75, 3.05) is 0 Å². The van der Waals surface area contributed by atoms with Crippen molar-refractivity contribution in [3.05, 3.63) is 34.2 Å². The molecule has 14 heavy (non-hydrogen) atoms. The van der Waals surface area contributed by atoms with E-state index in [4.69, 9.17) is 0 Å². The Balaban J connectivity index is 0.000000364. The highest BCUT2D eigenvalue weighted by Crippen LogP contribution is 1.90. The van der Waals surface area contributed by atoms with Crippen LogP contribution in [0.5, 0.6) is 0 Å². The van der Waals surface area contributed by atoms with Crippen LogP contribution in [0.2, 0.25) is 0 Å². The van der Waals surface area contributed by atoms with Gasteiger partial charge in [0.05, 0.1) is 0 Å². The van der Waals surface area contributed by atoms with Crippen LogP contribution in [0, 0.1) is 6.92 Å². The summed E-state index contributed by atoms with van der Waals surface area (Å²) in [7, 11) is 0. The van der Waals surface area contributed by atoms with Crippen molar-refractivity contribution in [3.63, 3.8) is 0 Å². The maximum atomic E-state index is 11.0. The van der Waals surface area contributed by atoms with E-state index in [0.717, 1.165) is 12.1 Å². The summed E-state index contributed by atoms with van der Waals surface area (Å²) in [6, 6.07) is 3.42. The molecule has 2 heteroatoms. The molecule has 0 fully saturated rings. The van der Waals surface area contributed by atoms with Gasteiger partial charge in [-0.3, -0.25) is 4.79 Å². The highest BCUT2D eigenvalue weighted by atomic mass is 16.1. The van der Waals surface area contributed by atoms with Crippen molar-refractivity contribution >= 4 is 0 Å². The molecule has 1 aromatic heterocycles. The molecule has 0 aliphatic heterocycles. The highest BCUT2D eigenvalue weighted by molar-refractivity contribution is 5.06. The molecule has 1 heterocycles. The lowest BCUT2D eigenvalue weighted by molar-refractivity contribution is 0.723. The number of nitrogens with zero attached hydrogens (tertiary/aromatic N) is 1. The third kappa shape index (κ3) is 4.85. The fraction of sp³-hybridized carbons (Fsp3) is 0.583. The number of hydrogen-bond donors (Lipinski definition) is 0. The first kappa shape index (κ1) is 12.9. The lowest BCUT2D eigenvalue weighted by Gasteiger charge is -2.00. The summed E-state index contributed by atoms with van der Waals surface area (Å²) >= 11 is 0. The first-order valence-electron chi connectivity index (χ1n) is 5.32. The molecule has 0 atom stereocenters. The molecule has 0 amide bonds. The van der Waals surface area contributed by atoms with E-state index in [1.165, 1.54) is 12.8 Å². The second-order valence-corrected chi connectivity index (χ2v) is 3.33. The summed E-state index contributed by atoms with van der Waals surface area (Å²) < 4.78 is 1.69. The minimum atomic E-state index is 0.0769. The van der Waals surface area contributed by atoms with Crippen molar-refractivity contribution in [2.45, 2.75) is 47.1 Å². The second kappa shape index (κ2) is 7.36. The topological polar surface area (TPSA) is 22.0 Å². The maximum absolute atomic E-state index is 11.0. The smallest absolute Gasteiger partial charge is 0.250 e. The van der Waals surface area contributed by atoms with Gasteiger partial charge in [-0.15, -0.1) is 0 Å². The van der Waals surface area contributed by atoms with Gasteiger partial charge in [0, 0.05) is 18.8 Å². The molecule has 0 N–H and O–H groups in total. The van der Waals surface area contributed by atoms with E-state index >= 15 is 0 Å². The molecule has 0 spiro atoms. The van der Waals surface area contributed by atoms with Crippen LogP contribution in [0.3, 0.4) is 0 Å². The molecular weight excluding hydrogens is 174 g/mol. The van der Waals surface area contributed by atoms with E-state index in [9.17, 15) is 4.79 Å². The van der Waals surface area contributed by atoms with Crippen molar-refractivity contribution < 1.29 is 0 Å². The van der Waals surface area contributed by atoms with Gasteiger partial charge >= 0.3 is 0 Å². The fourth-order valence-electron chi connectivity index (χ4n) is 0.898. The van der Waals surface area contributed by atoms with Crippen LogP contribution >= 0.6 is 0 Å². The van der Waals surface area contributed by atoms with E-state index in [1.807, 2.05) is 26.1 Å². The fourth-order valence-corrected chi connectivity index (χ4v) is 0.898. The van der Waals surface area contributed by atoms with Gasteiger partial charge in [0.25, 0.3) is 5.56 Å². The Hall–Kier alpha value is -1.05. The maximum Gasteiger partial charge on any atom is 0.250 e. The minimum Gasteiger partial charge on any atom is -0.316 e. The summed E-state index contributed by atoms with van der Waals surface area (Å²) in [4.78, 5) is 11.0. The molecule has 2 nitrogen and oxygen atoms in total. The zero-order valence-electron chi connectivity index (χ0n) is 9.71. The minimum absolute atomic E-state index is 0.0769. The molecule has 0 bridgehead atoms. The predicted molar refractivity (Wildman–Crippen MR) is 61.7 cm³/mol. The SMILES string of the molecule is CCCC.CCn1cc(C)ccc1=O. The zero-order valence-corrected chi connectivity index (χ0v) is 9.71. The van der Waals surface area contributed by atoms with Crippen molar-refractivity contribution in [2.24, 2.45) is 0 Å². The number of aromatic nitrogens is 1. The van der Waals surface area contributed by atoms with E-state index in [0.29, 0.717) is 0 Å².